The van der Waals surface area contributed by atoms with Gasteiger partial charge in [-0.3, -0.25) is 4.79 Å². The summed E-state index contributed by atoms with van der Waals surface area (Å²) in [6.07, 6.45) is 0. The van der Waals surface area contributed by atoms with Crippen LogP contribution in [-0.4, -0.2) is 16.1 Å². The molecule has 0 spiro atoms. The standard InChI is InChI=1S/C15H20N4OS/c1-9(2)15-19-18-12(21-15)8-17-14(20)13(16)11-6-4-10(3)5-7-11/h4-7,9,13H,8,16H2,1-3H3,(H,17,20). The van der Waals surface area contributed by atoms with Gasteiger partial charge in [0.15, 0.2) is 0 Å². The monoisotopic (exact) mass is 304 g/mol. The normalized spacial score (nSPS) is 12.4. The number of benzene rings is 1. The van der Waals surface area contributed by atoms with E-state index in [1.165, 1.54) is 11.3 Å². The summed E-state index contributed by atoms with van der Waals surface area (Å²) in [4.78, 5) is 12.1. The SMILES string of the molecule is Cc1ccc(C(N)C(=O)NCc2nnc(C(C)C)s2)cc1. The van der Waals surface area contributed by atoms with Crippen molar-refractivity contribution in [2.24, 2.45) is 5.73 Å². The Morgan fingerprint density at radius 2 is 1.95 bits per heavy atom. The molecular weight excluding hydrogens is 284 g/mol. The van der Waals surface area contributed by atoms with E-state index < -0.39 is 6.04 Å². The summed E-state index contributed by atoms with van der Waals surface area (Å²) in [7, 11) is 0. The molecule has 0 aliphatic carbocycles. The Bertz CT molecular complexity index is 606. The fraction of sp³-hybridized carbons (Fsp3) is 0.400. The van der Waals surface area contributed by atoms with Crippen molar-refractivity contribution in [3.8, 4) is 0 Å². The molecule has 1 amide bonds. The average Bonchev–Trinajstić information content (AvgIpc) is 2.94. The molecule has 0 aliphatic heterocycles. The molecule has 21 heavy (non-hydrogen) atoms. The molecule has 1 heterocycles. The van der Waals surface area contributed by atoms with E-state index >= 15 is 0 Å². The van der Waals surface area contributed by atoms with Crippen LogP contribution in [0.3, 0.4) is 0 Å². The van der Waals surface area contributed by atoms with E-state index in [4.69, 9.17) is 5.73 Å². The summed E-state index contributed by atoms with van der Waals surface area (Å²) in [5.41, 5.74) is 7.91. The average molecular weight is 304 g/mol. The molecule has 1 atom stereocenters. The molecule has 1 aromatic heterocycles. The van der Waals surface area contributed by atoms with Gasteiger partial charge >= 0.3 is 0 Å². The Labute approximate surface area is 128 Å². The number of rotatable bonds is 5. The Morgan fingerprint density at radius 1 is 1.29 bits per heavy atom. The summed E-state index contributed by atoms with van der Waals surface area (Å²) < 4.78 is 0. The molecule has 0 saturated heterocycles. The van der Waals surface area contributed by atoms with Gasteiger partial charge in [0.25, 0.3) is 0 Å². The molecule has 2 aromatic rings. The van der Waals surface area contributed by atoms with E-state index in [1.807, 2.05) is 31.2 Å². The predicted molar refractivity (Wildman–Crippen MR) is 84.0 cm³/mol. The van der Waals surface area contributed by atoms with Crippen molar-refractivity contribution in [3.05, 3.63) is 45.4 Å². The lowest BCUT2D eigenvalue weighted by molar-refractivity contribution is -0.122. The first-order valence-electron chi connectivity index (χ1n) is 6.89. The lowest BCUT2D eigenvalue weighted by Gasteiger charge is -2.12. The van der Waals surface area contributed by atoms with Crippen LogP contribution in [0.4, 0.5) is 0 Å². The van der Waals surface area contributed by atoms with Crippen LogP contribution < -0.4 is 11.1 Å². The lowest BCUT2D eigenvalue weighted by atomic mass is 10.1. The number of nitrogens with two attached hydrogens (primary N) is 1. The minimum Gasteiger partial charge on any atom is -0.348 e. The first-order chi connectivity index (χ1) is 9.97. The second-order valence-corrected chi connectivity index (χ2v) is 6.39. The zero-order valence-corrected chi connectivity index (χ0v) is 13.3. The lowest BCUT2D eigenvalue weighted by Crippen LogP contribution is -2.33. The number of amides is 1. The molecule has 0 aliphatic rings. The van der Waals surface area contributed by atoms with Crippen molar-refractivity contribution in [1.82, 2.24) is 15.5 Å². The molecule has 0 bridgehead atoms. The van der Waals surface area contributed by atoms with Crippen molar-refractivity contribution < 1.29 is 4.79 Å². The fourth-order valence-corrected chi connectivity index (χ4v) is 2.55. The molecule has 0 fully saturated rings. The van der Waals surface area contributed by atoms with Gasteiger partial charge in [-0.2, -0.15) is 0 Å². The van der Waals surface area contributed by atoms with Crippen LogP contribution in [0.25, 0.3) is 0 Å². The quantitative estimate of drug-likeness (QED) is 0.888. The molecule has 0 saturated carbocycles. The Hall–Kier alpha value is -1.79. The maximum absolute atomic E-state index is 12.1. The van der Waals surface area contributed by atoms with Gasteiger partial charge in [-0.25, -0.2) is 0 Å². The summed E-state index contributed by atoms with van der Waals surface area (Å²) in [5, 5.41) is 12.7. The van der Waals surface area contributed by atoms with Crippen LogP contribution in [-0.2, 0) is 11.3 Å². The minimum absolute atomic E-state index is 0.208. The molecule has 1 aromatic carbocycles. The van der Waals surface area contributed by atoms with Crippen molar-refractivity contribution in [3.63, 3.8) is 0 Å². The highest BCUT2D eigenvalue weighted by atomic mass is 32.1. The maximum atomic E-state index is 12.1. The highest BCUT2D eigenvalue weighted by Crippen LogP contribution is 2.19. The number of hydrogen-bond donors (Lipinski definition) is 2. The second kappa shape index (κ2) is 6.78. The summed E-state index contributed by atoms with van der Waals surface area (Å²) >= 11 is 1.51. The first-order valence-corrected chi connectivity index (χ1v) is 7.71. The van der Waals surface area contributed by atoms with Crippen molar-refractivity contribution in [1.29, 1.82) is 0 Å². The third-order valence-corrected chi connectivity index (χ3v) is 4.33. The van der Waals surface area contributed by atoms with Crippen molar-refractivity contribution >= 4 is 17.2 Å². The van der Waals surface area contributed by atoms with Gasteiger partial charge in [-0.05, 0) is 12.5 Å². The molecule has 112 valence electrons. The van der Waals surface area contributed by atoms with E-state index in [0.29, 0.717) is 12.5 Å². The van der Waals surface area contributed by atoms with Crippen molar-refractivity contribution in [2.45, 2.75) is 39.3 Å². The van der Waals surface area contributed by atoms with Crippen LogP contribution in [0, 0.1) is 6.92 Å². The van der Waals surface area contributed by atoms with Gasteiger partial charge in [0.05, 0.1) is 6.54 Å². The van der Waals surface area contributed by atoms with E-state index in [2.05, 4.69) is 29.4 Å². The second-order valence-electron chi connectivity index (χ2n) is 5.29. The van der Waals surface area contributed by atoms with Crippen LogP contribution in [0.15, 0.2) is 24.3 Å². The minimum atomic E-state index is -0.664. The Morgan fingerprint density at radius 3 is 2.52 bits per heavy atom. The van der Waals surface area contributed by atoms with Gasteiger partial charge in [0.2, 0.25) is 5.91 Å². The Balaban J connectivity index is 1.93. The summed E-state index contributed by atoms with van der Waals surface area (Å²) in [6.45, 7) is 6.49. The van der Waals surface area contributed by atoms with Gasteiger partial charge in [-0.1, -0.05) is 55.0 Å². The summed E-state index contributed by atoms with van der Waals surface area (Å²) in [6, 6.07) is 6.98. The van der Waals surface area contributed by atoms with Crippen LogP contribution in [0.1, 0.15) is 46.9 Å². The highest BCUT2D eigenvalue weighted by Gasteiger charge is 2.16. The third kappa shape index (κ3) is 4.09. The summed E-state index contributed by atoms with van der Waals surface area (Å²) in [5.74, 6) is 0.141. The van der Waals surface area contributed by atoms with E-state index in [0.717, 1.165) is 21.1 Å². The molecule has 2 rings (SSSR count). The molecule has 6 heteroatoms. The van der Waals surface area contributed by atoms with E-state index in [1.54, 1.807) is 0 Å². The Kier molecular flexibility index (Phi) is 5.03. The van der Waals surface area contributed by atoms with Gasteiger partial charge in [-0.15, -0.1) is 10.2 Å². The number of nitrogens with one attached hydrogen (secondary N) is 1. The van der Waals surface area contributed by atoms with E-state index in [9.17, 15) is 4.79 Å². The maximum Gasteiger partial charge on any atom is 0.241 e. The number of carbonyl (C=O) groups excluding carboxylic acids is 1. The van der Waals surface area contributed by atoms with Gasteiger partial charge < -0.3 is 11.1 Å². The molecule has 0 radical (unpaired) electrons. The number of aromatic nitrogens is 2. The number of aryl methyl sites for hydroxylation is 1. The van der Waals surface area contributed by atoms with Crippen molar-refractivity contribution in [2.75, 3.05) is 0 Å². The topological polar surface area (TPSA) is 80.9 Å². The zero-order valence-electron chi connectivity index (χ0n) is 12.5. The smallest absolute Gasteiger partial charge is 0.241 e. The highest BCUT2D eigenvalue weighted by molar-refractivity contribution is 7.11. The van der Waals surface area contributed by atoms with Gasteiger partial charge in [0.1, 0.15) is 16.1 Å². The number of carbonyl (C=O) groups is 1. The van der Waals surface area contributed by atoms with E-state index in [-0.39, 0.29) is 5.91 Å². The number of nitrogens with zero attached hydrogens (tertiary/aromatic N) is 2. The van der Waals surface area contributed by atoms with Crippen LogP contribution in [0.5, 0.6) is 0 Å². The predicted octanol–water partition coefficient (Wildman–Crippen LogP) is 2.29. The fourth-order valence-electron chi connectivity index (χ4n) is 1.77. The van der Waals surface area contributed by atoms with Gasteiger partial charge in [0, 0.05) is 5.92 Å². The molecule has 5 nitrogen and oxygen atoms in total. The first kappa shape index (κ1) is 15.6. The van der Waals surface area contributed by atoms with Crippen LogP contribution in [0.2, 0.25) is 0 Å². The van der Waals surface area contributed by atoms with Crippen LogP contribution >= 0.6 is 11.3 Å². The largest absolute Gasteiger partial charge is 0.348 e. The third-order valence-electron chi connectivity index (χ3n) is 3.11. The molecular formula is C15H20N4OS. The number of hydrogen-bond acceptors (Lipinski definition) is 5. The molecule has 3 N–H and O–H groups in total. The molecule has 1 unspecified atom stereocenters. The zero-order chi connectivity index (χ0) is 15.4.